The van der Waals surface area contributed by atoms with E-state index in [1.165, 1.54) is 22.9 Å². The van der Waals surface area contributed by atoms with Gasteiger partial charge >= 0.3 is 0 Å². The van der Waals surface area contributed by atoms with Crippen LogP contribution in [0.3, 0.4) is 0 Å². The Labute approximate surface area is 123 Å². The van der Waals surface area contributed by atoms with Crippen LogP contribution < -0.4 is 5.73 Å². The average molecular weight is 316 g/mol. The predicted molar refractivity (Wildman–Crippen MR) is 77.6 cm³/mol. The van der Waals surface area contributed by atoms with Crippen LogP contribution in [0.2, 0.25) is 0 Å². The Hall–Kier alpha value is -1.61. The van der Waals surface area contributed by atoms with E-state index >= 15 is 0 Å². The van der Waals surface area contributed by atoms with Gasteiger partial charge in [-0.05, 0) is 6.42 Å². The molecule has 118 valence electrons. The number of aryl methyl sites for hydroxylation is 1. The van der Waals surface area contributed by atoms with Crippen LogP contribution in [0.25, 0.3) is 0 Å². The third-order valence-corrected chi connectivity index (χ3v) is 5.37. The third-order valence-electron chi connectivity index (χ3n) is 3.62. The second-order valence-corrected chi connectivity index (χ2v) is 7.35. The van der Waals surface area contributed by atoms with Crippen molar-refractivity contribution in [2.45, 2.75) is 12.5 Å². The second-order valence-electron chi connectivity index (χ2n) is 5.12. The molecule has 0 saturated carbocycles. The molecular formula is C12H20N4O4S. The van der Waals surface area contributed by atoms with E-state index in [1.54, 1.807) is 7.05 Å². The maximum Gasteiger partial charge on any atom is 0.274 e. The van der Waals surface area contributed by atoms with Crippen LogP contribution in [0.1, 0.15) is 16.9 Å². The summed E-state index contributed by atoms with van der Waals surface area (Å²) in [4.78, 5) is 14.2. The molecule has 0 aliphatic carbocycles. The number of carbonyl (C=O) groups is 1. The predicted octanol–water partition coefficient (Wildman–Crippen LogP) is -0.722. The summed E-state index contributed by atoms with van der Waals surface area (Å²) in [5.41, 5.74) is 6.34. The number of carbonyl (C=O) groups excluding carboxylic acids is 1. The minimum atomic E-state index is -3.08. The number of nitrogens with zero attached hydrogens (tertiary/aromatic N) is 3. The fourth-order valence-corrected chi connectivity index (χ4v) is 4.24. The van der Waals surface area contributed by atoms with Gasteiger partial charge in [0.15, 0.2) is 9.84 Å². The molecular weight excluding hydrogens is 296 g/mol. The van der Waals surface area contributed by atoms with Gasteiger partial charge in [-0.25, -0.2) is 8.42 Å². The van der Waals surface area contributed by atoms with Gasteiger partial charge in [-0.2, -0.15) is 5.10 Å². The number of rotatable bonds is 5. The van der Waals surface area contributed by atoms with Gasteiger partial charge < -0.3 is 15.4 Å². The van der Waals surface area contributed by atoms with Gasteiger partial charge in [0, 0.05) is 26.7 Å². The van der Waals surface area contributed by atoms with Crippen LogP contribution in [0, 0.1) is 0 Å². The Kier molecular flexibility index (Phi) is 4.52. The molecule has 21 heavy (non-hydrogen) atoms. The number of hydrogen-bond acceptors (Lipinski definition) is 6. The Morgan fingerprint density at radius 1 is 1.62 bits per heavy atom. The van der Waals surface area contributed by atoms with Crippen molar-refractivity contribution in [3.05, 3.63) is 11.9 Å². The lowest BCUT2D eigenvalue weighted by Crippen LogP contribution is -2.44. The number of methoxy groups -OCH3 is 1. The monoisotopic (exact) mass is 316 g/mol. The average Bonchev–Trinajstić information content (AvgIpc) is 2.93. The van der Waals surface area contributed by atoms with Crippen molar-refractivity contribution in [2.75, 3.05) is 37.5 Å². The van der Waals surface area contributed by atoms with Crippen LogP contribution in [-0.4, -0.2) is 66.8 Å². The highest BCUT2D eigenvalue weighted by atomic mass is 32.2. The number of aromatic nitrogens is 2. The molecule has 1 aliphatic heterocycles. The molecule has 1 atom stereocenters. The molecule has 9 heteroatoms. The second kappa shape index (κ2) is 6.02. The Balaban J connectivity index is 2.26. The van der Waals surface area contributed by atoms with E-state index in [4.69, 9.17) is 10.5 Å². The zero-order chi connectivity index (χ0) is 15.6. The highest BCUT2D eigenvalue weighted by molar-refractivity contribution is 7.91. The molecule has 1 amide bonds. The summed E-state index contributed by atoms with van der Waals surface area (Å²) in [6.45, 7) is 0.653. The molecule has 1 unspecified atom stereocenters. The standard InChI is InChI=1S/C12H20N4O4S/c1-15-11(10(13)7-14-15)12(17)16(4-5-20-2)9-3-6-21(18,19)8-9/h7,9H,3-6,8,13H2,1-2H3. The van der Waals surface area contributed by atoms with Crippen LogP contribution in [0.5, 0.6) is 0 Å². The van der Waals surface area contributed by atoms with Gasteiger partial charge in [0.2, 0.25) is 0 Å². The fourth-order valence-electron chi connectivity index (χ4n) is 2.51. The van der Waals surface area contributed by atoms with Crippen molar-refractivity contribution < 1.29 is 17.9 Å². The summed E-state index contributed by atoms with van der Waals surface area (Å²) in [7, 11) is 0.0862. The molecule has 0 bridgehead atoms. The molecule has 0 aromatic carbocycles. The van der Waals surface area contributed by atoms with Gasteiger partial charge in [-0.1, -0.05) is 0 Å². The molecule has 1 saturated heterocycles. The Morgan fingerprint density at radius 3 is 2.81 bits per heavy atom. The van der Waals surface area contributed by atoms with E-state index in [2.05, 4.69) is 5.10 Å². The molecule has 1 aromatic rings. The molecule has 8 nitrogen and oxygen atoms in total. The van der Waals surface area contributed by atoms with Crippen LogP contribution >= 0.6 is 0 Å². The number of nitrogen functional groups attached to an aromatic ring is 1. The number of ether oxygens (including phenoxy) is 1. The summed E-state index contributed by atoms with van der Waals surface area (Å²) in [5, 5.41) is 3.95. The van der Waals surface area contributed by atoms with Crippen molar-refractivity contribution in [1.82, 2.24) is 14.7 Å². The first-order valence-electron chi connectivity index (χ1n) is 6.63. The summed E-state index contributed by atoms with van der Waals surface area (Å²) in [6, 6.07) is -0.341. The first kappa shape index (κ1) is 15.8. The van der Waals surface area contributed by atoms with Gasteiger partial charge in [0.25, 0.3) is 5.91 Å². The third kappa shape index (κ3) is 3.35. The molecule has 0 spiro atoms. The Bertz CT molecular complexity index is 606. The van der Waals surface area contributed by atoms with E-state index in [9.17, 15) is 13.2 Å². The van der Waals surface area contributed by atoms with Crippen LogP contribution in [-0.2, 0) is 21.6 Å². The molecule has 1 fully saturated rings. The van der Waals surface area contributed by atoms with E-state index < -0.39 is 9.84 Å². The maximum absolute atomic E-state index is 12.7. The smallest absolute Gasteiger partial charge is 0.274 e. The number of hydrogen-bond donors (Lipinski definition) is 1. The van der Waals surface area contributed by atoms with Gasteiger partial charge in [0.1, 0.15) is 5.69 Å². The van der Waals surface area contributed by atoms with E-state index in [0.717, 1.165) is 0 Å². The van der Waals surface area contributed by atoms with Crippen molar-refractivity contribution in [2.24, 2.45) is 7.05 Å². The molecule has 2 rings (SSSR count). The van der Waals surface area contributed by atoms with Gasteiger partial charge in [-0.15, -0.1) is 0 Å². The lowest BCUT2D eigenvalue weighted by Gasteiger charge is -2.28. The summed E-state index contributed by atoms with van der Waals surface area (Å²) < 4.78 is 29.7. The quantitative estimate of drug-likeness (QED) is 0.768. The topological polar surface area (TPSA) is 108 Å². The van der Waals surface area contributed by atoms with Gasteiger partial charge in [-0.3, -0.25) is 9.48 Å². The van der Waals surface area contributed by atoms with E-state index in [0.29, 0.717) is 19.6 Å². The van der Waals surface area contributed by atoms with Crippen molar-refractivity contribution in [1.29, 1.82) is 0 Å². The lowest BCUT2D eigenvalue weighted by atomic mass is 10.2. The lowest BCUT2D eigenvalue weighted by molar-refractivity contribution is 0.0614. The summed E-state index contributed by atoms with van der Waals surface area (Å²) >= 11 is 0. The van der Waals surface area contributed by atoms with Crippen molar-refractivity contribution >= 4 is 21.4 Å². The van der Waals surface area contributed by atoms with Crippen molar-refractivity contribution in [3.63, 3.8) is 0 Å². The molecule has 1 aliphatic rings. The van der Waals surface area contributed by atoms with E-state index in [1.807, 2.05) is 0 Å². The van der Waals surface area contributed by atoms with Crippen molar-refractivity contribution in [3.8, 4) is 0 Å². The fraction of sp³-hybridized carbons (Fsp3) is 0.667. The summed E-state index contributed by atoms with van der Waals surface area (Å²) in [5.74, 6) is -0.221. The molecule has 0 radical (unpaired) electrons. The minimum absolute atomic E-state index is 0.0137. The largest absolute Gasteiger partial charge is 0.396 e. The first-order chi connectivity index (χ1) is 9.85. The van der Waals surface area contributed by atoms with Gasteiger partial charge in [0.05, 0.1) is 30.0 Å². The Morgan fingerprint density at radius 2 is 2.33 bits per heavy atom. The SMILES string of the molecule is COCCN(C(=O)c1c(N)cnn1C)C1CCS(=O)(=O)C1. The zero-order valence-electron chi connectivity index (χ0n) is 12.2. The highest BCUT2D eigenvalue weighted by Crippen LogP contribution is 2.21. The normalized spacial score (nSPS) is 20.6. The number of sulfone groups is 1. The zero-order valence-corrected chi connectivity index (χ0v) is 13.0. The molecule has 1 aromatic heterocycles. The first-order valence-corrected chi connectivity index (χ1v) is 8.45. The van der Waals surface area contributed by atoms with Crippen LogP contribution in [0.4, 0.5) is 5.69 Å². The number of amides is 1. The molecule has 2 heterocycles. The highest BCUT2D eigenvalue weighted by Gasteiger charge is 2.36. The molecule has 2 N–H and O–H groups in total. The van der Waals surface area contributed by atoms with Crippen LogP contribution in [0.15, 0.2) is 6.20 Å². The summed E-state index contributed by atoms with van der Waals surface area (Å²) in [6.07, 6.45) is 1.85. The van der Waals surface area contributed by atoms with E-state index in [-0.39, 0.29) is 34.8 Å². The maximum atomic E-state index is 12.7. The minimum Gasteiger partial charge on any atom is -0.396 e. The number of anilines is 1. The number of nitrogens with two attached hydrogens (primary N) is 1.